The van der Waals surface area contributed by atoms with E-state index in [4.69, 9.17) is 0 Å². The molecular formula is C17H13BrFNO. The predicted molar refractivity (Wildman–Crippen MR) is 84.6 cm³/mol. The van der Waals surface area contributed by atoms with Crippen LogP contribution in [0, 0.1) is 12.7 Å². The topological polar surface area (TPSA) is 33.1 Å². The summed E-state index contributed by atoms with van der Waals surface area (Å²) in [5.74, 6) is -0.385. The molecule has 1 atom stereocenters. The van der Waals surface area contributed by atoms with Crippen LogP contribution in [0.5, 0.6) is 0 Å². The number of aryl methyl sites for hydroxylation is 1. The van der Waals surface area contributed by atoms with Crippen molar-refractivity contribution >= 4 is 26.8 Å². The minimum absolute atomic E-state index is 0.385. The van der Waals surface area contributed by atoms with Gasteiger partial charge in [-0.1, -0.05) is 18.2 Å². The number of fused-ring (bicyclic) bond motifs is 1. The zero-order valence-corrected chi connectivity index (χ0v) is 12.9. The van der Waals surface area contributed by atoms with Crippen molar-refractivity contribution < 1.29 is 9.50 Å². The van der Waals surface area contributed by atoms with Crippen LogP contribution in [-0.2, 0) is 0 Å². The Morgan fingerprint density at radius 2 is 1.76 bits per heavy atom. The third-order valence-corrected chi connectivity index (χ3v) is 4.07. The standard InChI is InChI=1S/C17H13BrFNO/c1-10-2-3-11-8-12(5-7-16(11)20-10)17(21)13-4-6-14(18)15(19)9-13/h2-9,17,21H,1H3. The molecule has 0 saturated carbocycles. The van der Waals surface area contributed by atoms with E-state index in [1.165, 1.54) is 6.07 Å². The van der Waals surface area contributed by atoms with Crippen molar-refractivity contribution in [2.24, 2.45) is 0 Å². The molecule has 0 radical (unpaired) electrons. The molecule has 0 bridgehead atoms. The molecule has 0 spiro atoms. The van der Waals surface area contributed by atoms with Crippen molar-refractivity contribution in [1.29, 1.82) is 0 Å². The fourth-order valence-corrected chi connectivity index (χ4v) is 2.54. The third-order valence-electron chi connectivity index (χ3n) is 3.43. The van der Waals surface area contributed by atoms with Gasteiger partial charge in [0.05, 0.1) is 9.99 Å². The van der Waals surface area contributed by atoms with Gasteiger partial charge < -0.3 is 5.11 Å². The smallest absolute Gasteiger partial charge is 0.137 e. The molecule has 3 rings (SSSR count). The van der Waals surface area contributed by atoms with Gasteiger partial charge in [-0.25, -0.2) is 4.39 Å². The van der Waals surface area contributed by atoms with Gasteiger partial charge in [-0.15, -0.1) is 0 Å². The van der Waals surface area contributed by atoms with Crippen LogP contribution in [0.25, 0.3) is 10.9 Å². The lowest BCUT2D eigenvalue weighted by Gasteiger charge is -2.13. The van der Waals surface area contributed by atoms with Gasteiger partial charge in [-0.05, 0) is 64.3 Å². The van der Waals surface area contributed by atoms with E-state index in [2.05, 4.69) is 20.9 Å². The summed E-state index contributed by atoms with van der Waals surface area (Å²) in [6.07, 6.45) is -0.863. The minimum Gasteiger partial charge on any atom is -0.384 e. The predicted octanol–water partition coefficient (Wildman–Crippen LogP) is 4.53. The number of pyridine rings is 1. The fraction of sp³-hybridized carbons (Fsp3) is 0.118. The van der Waals surface area contributed by atoms with Gasteiger partial charge in [0, 0.05) is 11.1 Å². The van der Waals surface area contributed by atoms with E-state index in [9.17, 15) is 9.50 Å². The van der Waals surface area contributed by atoms with Crippen LogP contribution in [0.2, 0.25) is 0 Å². The lowest BCUT2D eigenvalue weighted by Crippen LogP contribution is -2.00. The molecule has 1 aromatic heterocycles. The molecule has 2 nitrogen and oxygen atoms in total. The summed E-state index contributed by atoms with van der Waals surface area (Å²) in [5.41, 5.74) is 3.07. The number of nitrogens with zero attached hydrogens (tertiary/aromatic N) is 1. The average molecular weight is 346 g/mol. The summed E-state index contributed by atoms with van der Waals surface area (Å²) < 4.78 is 14.0. The van der Waals surface area contributed by atoms with E-state index in [1.807, 2.05) is 37.3 Å². The summed E-state index contributed by atoms with van der Waals surface area (Å²) >= 11 is 3.11. The lowest BCUT2D eigenvalue weighted by molar-refractivity contribution is 0.220. The van der Waals surface area contributed by atoms with Gasteiger partial charge in [0.25, 0.3) is 0 Å². The highest BCUT2D eigenvalue weighted by atomic mass is 79.9. The molecule has 0 amide bonds. The number of rotatable bonds is 2. The van der Waals surface area contributed by atoms with Crippen LogP contribution >= 0.6 is 15.9 Å². The Labute approximate surface area is 130 Å². The van der Waals surface area contributed by atoms with Crippen LogP contribution in [0.3, 0.4) is 0 Å². The lowest BCUT2D eigenvalue weighted by atomic mass is 10.00. The van der Waals surface area contributed by atoms with Crippen molar-refractivity contribution in [2.75, 3.05) is 0 Å². The van der Waals surface area contributed by atoms with E-state index in [-0.39, 0.29) is 5.82 Å². The largest absolute Gasteiger partial charge is 0.384 e. The Hall–Kier alpha value is -1.78. The number of benzene rings is 2. The molecule has 0 aliphatic heterocycles. The van der Waals surface area contributed by atoms with Crippen molar-refractivity contribution in [2.45, 2.75) is 13.0 Å². The Bertz CT molecular complexity index is 819. The van der Waals surface area contributed by atoms with Crippen molar-refractivity contribution in [3.8, 4) is 0 Å². The van der Waals surface area contributed by atoms with Gasteiger partial charge in [-0.3, -0.25) is 4.98 Å². The summed E-state index contributed by atoms with van der Waals surface area (Å²) in [7, 11) is 0. The van der Waals surface area contributed by atoms with Crippen LogP contribution in [0.1, 0.15) is 22.9 Å². The molecular weight excluding hydrogens is 333 g/mol. The molecule has 21 heavy (non-hydrogen) atoms. The van der Waals surface area contributed by atoms with E-state index < -0.39 is 6.10 Å². The van der Waals surface area contributed by atoms with Gasteiger partial charge in [0.15, 0.2) is 0 Å². The van der Waals surface area contributed by atoms with Crippen LogP contribution in [0.4, 0.5) is 4.39 Å². The summed E-state index contributed by atoms with van der Waals surface area (Å²) in [6.45, 7) is 1.94. The molecule has 2 aromatic carbocycles. The molecule has 106 valence electrons. The van der Waals surface area contributed by atoms with Gasteiger partial charge in [0.2, 0.25) is 0 Å². The molecule has 3 aromatic rings. The first kappa shape index (κ1) is 14.2. The summed E-state index contributed by atoms with van der Waals surface area (Å²) in [6, 6.07) is 14.1. The van der Waals surface area contributed by atoms with Crippen LogP contribution in [0.15, 0.2) is 53.0 Å². The van der Waals surface area contributed by atoms with Crippen molar-refractivity contribution in [3.63, 3.8) is 0 Å². The molecule has 0 saturated heterocycles. The van der Waals surface area contributed by atoms with Gasteiger partial charge in [0.1, 0.15) is 11.9 Å². The van der Waals surface area contributed by atoms with E-state index in [1.54, 1.807) is 12.1 Å². The minimum atomic E-state index is -0.863. The Morgan fingerprint density at radius 3 is 2.52 bits per heavy atom. The quantitative estimate of drug-likeness (QED) is 0.740. The highest BCUT2D eigenvalue weighted by molar-refractivity contribution is 9.10. The molecule has 1 heterocycles. The van der Waals surface area contributed by atoms with Gasteiger partial charge in [-0.2, -0.15) is 0 Å². The van der Waals surface area contributed by atoms with Crippen molar-refractivity contribution in [1.82, 2.24) is 4.98 Å². The van der Waals surface area contributed by atoms with Crippen LogP contribution < -0.4 is 0 Å². The zero-order valence-electron chi connectivity index (χ0n) is 11.3. The molecule has 4 heteroatoms. The number of hydrogen-bond acceptors (Lipinski definition) is 2. The van der Waals surface area contributed by atoms with E-state index >= 15 is 0 Å². The maximum Gasteiger partial charge on any atom is 0.137 e. The second-order valence-corrected chi connectivity index (χ2v) is 5.84. The van der Waals surface area contributed by atoms with Crippen molar-refractivity contribution in [3.05, 3.63) is 75.6 Å². The Kier molecular flexibility index (Phi) is 3.74. The maximum atomic E-state index is 13.6. The molecule has 0 aliphatic carbocycles. The first-order chi connectivity index (χ1) is 10.0. The number of halogens is 2. The first-order valence-electron chi connectivity index (χ1n) is 6.55. The SMILES string of the molecule is Cc1ccc2cc(C(O)c3ccc(Br)c(F)c3)ccc2n1. The highest BCUT2D eigenvalue weighted by Gasteiger charge is 2.13. The van der Waals surface area contributed by atoms with Crippen LogP contribution in [-0.4, -0.2) is 10.1 Å². The fourth-order valence-electron chi connectivity index (χ4n) is 2.29. The monoisotopic (exact) mass is 345 g/mol. The van der Waals surface area contributed by atoms with Gasteiger partial charge >= 0.3 is 0 Å². The Morgan fingerprint density at radius 1 is 1.05 bits per heavy atom. The second-order valence-electron chi connectivity index (χ2n) is 4.98. The first-order valence-corrected chi connectivity index (χ1v) is 7.34. The molecule has 1 unspecified atom stereocenters. The molecule has 0 fully saturated rings. The number of aliphatic hydroxyl groups is 1. The normalized spacial score (nSPS) is 12.6. The van der Waals surface area contributed by atoms with E-state index in [0.717, 1.165) is 22.2 Å². The number of aliphatic hydroxyl groups excluding tert-OH is 1. The average Bonchev–Trinajstić information content (AvgIpc) is 2.49. The molecule has 1 N–H and O–H groups in total. The Balaban J connectivity index is 2.02. The zero-order chi connectivity index (χ0) is 15.0. The number of hydrogen-bond donors (Lipinski definition) is 1. The maximum absolute atomic E-state index is 13.6. The third kappa shape index (κ3) is 2.82. The summed E-state index contributed by atoms with van der Waals surface area (Å²) in [4.78, 5) is 4.43. The van der Waals surface area contributed by atoms with E-state index in [0.29, 0.717) is 10.0 Å². The highest BCUT2D eigenvalue weighted by Crippen LogP contribution is 2.27. The summed E-state index contributed by atoms with van der Waals surface area (Å²) in [5, 5.41) is 11.4. The second kappa shape index (κ2) is 5.54. The molecule has 0 aliphatic rings. The number of aromatic nitrogens is 1.